The number of aliphatic hydroxyl groups is 2. The molecule has 2 unspecified atom stereocenters. The first-order valence-corrected chi connectivity index (χ1v) is 27.5. The lowest BCUT2D eigenvalue weighted by Crippen LogP contribution is -2.47. The third kappa shape index (κ3) is 37.9. The number of carboxylic acid groups (broad SMARTS) is 1. The molecule has 7 heteroatoms. The van der Waals surface area contributed by atoms with E-state index in [0.717, 1.165) is 70.6 Å². The number of rotatable bonds is 49. The molecule has 0 aromatic heterocycles. The molecule has 1 aliphatic rings. The van der Waals surface area contributed by atoms with Gasteiger partial charge in [-0.05, 0) is 76.7 Å². The molecular weight excluding hydrogens is 821 g/mol. The molecule has 0 aromatic carbocycles. The van der Waals surface area contributed by atoms with E-state index >= 15 is 0 Å². The van der Waals surface area contributed by atoms with E-state index in [1.165, 1.54) is 148 Å². The number of aliphatic carboxylic acids is 1. The van der Waals surface area contributed by atoms with Crippen LogP contribution in [-0.4, -0.2) is 45.6 Å². The van der Waals surface area contributed by atoms with Crippen LogP contribution in [0.3, 0.4) is 0 Å². The molecular formula is C59H100O7. The molecule has 2 atom stereocenters. The van der Waals surface area contributed by atoms with E-state index in [0.29, 0.717) is 25.0 Å². The van der Waals surface area contributed by atoms with Crippen LogP contribution >= 0.6 is 0 Å². The summed E-state index contributed by atoms with van der Waals surface area (Å²) in [7, 11) is 0. The predicted molar refractivity (Wildman–Crippen MR) is 279 cm³/mol. The number of carbonyl (C=O) groups excluding carboxylic acids is 1. The van der Waals surface area contributed by atoms with Crippen LogP contribution in [0.5, 0.6) is 0 Å². The summed E-state index contributed by atoms with van der Waals surface area (Å²) in [6.45, 7) is 4.16. The van der Waals surface area contributed by atoms with Gasteiger partial charge in [-0.2, -0.15) is 0 Å². The summed E-state index contributed by atoms with van der Waals surface area (Å²) in [6, 6.07) is 0. The summed E-state index contributed by atoms with van der Waals surface area (Å²) >= 11 is 0. The van der Waals surface area contributed by atoms with E-state index in [9.17, 15) is 19.8 Å². The van der Waals surface area contributed by atoms with E-state index in [1.54, 1.807) is 6.08 Å². The van der Waals surface area contributed by atoms with Crippen molar-refractivity contribution < 1.29 is 34.4 Å². The van der Waals surface area contributed by atoms with Crippen molar-refractivity contribution >= 4 is 11.9 Å². The zero-order valence-electron chi connectivity index (χ0n) is 42.6. The number of carbonyl (C=O) groups is 2. The third-order valence-electron chi connectivity index (χ3n) is 12.8. The van der Waals surface area contributed by atoms with Crippen LogP contribution in [0.25, 0.3) is 0 Å². The Morgan fingerprint density at radius 1 is 0.515 bits per heavy atom. The third-order valence-corrected chi connectivity index (χ3v) is 12.8. The highest BCUT2D eigenvalue weighted by atomic mass is 16.6. The number of unbranched alkanes of at least 4 members (excludes halogenated alkanes) is 28. The number of esters is 1. The summed E-state index contributed by atoms with van der Waals surface area (Å²) in [5.74, 6) is -0.857. The lowest BCUT2D eigenvalue weighted by Gasteiger charge is -2.35. The summed E-state index contributed by atoms with van der Waals surface area (Å²) in [4.78, 5) is 23.7. The SMILES string of the molecule is CCCCC/C=C\C/C=C\C/C=C\C/C=C\CCCC(=O)OC(CO)C(O)(CCCCCCCCCCCCCC=CC=CC1=C(C(=O)O)O1)CCCCCCCCCCCCCCCC. The molecule has 7 nitrogen and oxygen atoms in total. The van der Waals surface area contributed by atoms with Crippen LogP contribution in [0.4, 0.5) is 0 Å². The van der Waals surface area contributed by atoms with Crippen molar-refractivity contribution in [2.45, 2.75) is 270 Å². The van der Waals surface area contributed by atoms with Crippen molar-refractivity contribution in [3.05, 3.63) is 84.4 Å². The van der Waals surface area contributed by atoms with E-state index in [-0.39, 0.29) is 24.8 Å². The van der Waals surface area contributed by atoms with Crippen LogP contribution in [0.15, 0.2) is 84.4 Å². The fourth-order valence-electron chi connectivity index (χ4n) is 8.48. The largest absolute Gasteiger partial charge is 0.475 e. The fourth-order valence-corrected chi connectivity index (χ4v) is 8.48. The zero-order chi connectivity index (χ0) is 47.9. The lowest BCUT2D eigenvalue weighted by molar-refractivity contribution is -0.173. The molecule has 378 valence electrons. The highest BCUT2D eigenvalue weighted by Crippen LogP contribution is 2.30. The molecule has 0 saturated heterocycles. The van der Waals surface area contributed by atoms with E-state index in [2.05, 4.69) is 68.5 Å². The van der Waals surface area contributed by atoms with Gasteiger partial charge in [0.1, 0.15) is 5.60 Å². The second kappa shape index (κ2) is 45.6. The smallest absolute Gasteiger partial charge is 0.375 e. The maximum Gasteiger partial charge on any atom is 0.375 e. The second-order valence-electron chi connectivity index (χ2n) is 18.9. The molecule has 1 rings (SSSR count). The molecule has 0 fully saturated rings. The minimum absolute atomic E-state index is 0.0439. The van der Waals surface area contributed by atoms with Gasteiger partial charge >= 0.3 is 11.9 Å². The van der Waals surface area contributed by atoms with Crippen LogP contribution in [-0.2, 0) is 19.1 Å². The molecule has 3 N–H and O–H groups in total. The van der Waals surface area contributed by atoms with Crippen LogP contribution < -0.4 is 0 Å². The standard InChI is InChI=1S/C59H100O7/c1-3-5-7-9-11-13-15-17-19-20-23-26-30-34-38-42-46-50-56(61)66-55(53-60)59(64,51-47-43-39-35-31-27-18-16-14-12-10-8-6-4-2)52-48-44-40-36-32-28-24-21-22-25-29-33-37-41-45-49-54-57(65-54)58(62)63/h11,13,17,19,23,26,34,37-38,41,45,49,55,60,64H,3-10,12,14-16,18,20-22,24-25,27-33,35-36,39-40,42-44,46-48,50-53H2,1-2H3,(H,62,63)/b13-11-,19-17-,26-23-,38-34-,41-37?,49-45?. The van der Waals surface area contributed by atoms with Gasteiger partial charge in [0.25, 0.3) is 5.76 Å². The van der Waals surface area contributed by atoms with E-state index in [4.69, 9.17) is 14.6 Å². The first-order chi connectivity index (χ1) is 32.4. The quantitative estimate of drug-likeness (QED) is 0.0241. The Hall–Kier alpha value is -3.16. The average molecular weight is 921 g/mol. The van der Waals surface area contributed by atoms with Gasteiger partial charge in [-0.3, -0.25) is 4.79 Å². The zero-order valence-corrected chi connectivity index (χ0v) is 42.6. The topological polar surface area (TPSA) is 117 Å². The number of allylic oxidation sites excluding steroid dienone is 12. The molecule has 0 aliphatic carbocycles. The monoisotopic (exact) mass is 921 g/mol. The summed E-state index contributed by atoms with van der Waals surface area (Å²) < 4.78 is 10.7. The van der Waals surface area contributed by atoms with Gasteiger partial charge in [-0.15, -0.1) is 0 Å². The maximum absolute atomic E-state index is 13.0. The minimum Gasteiger partial charge on any atom is -0.475 e. The first kappa shape index (κ1) is 60.9. The van der Waals surface area contributed by atoms with E-state index < -0.39 is 17.7 Å². The second-order valence-corrected chi connectivity index (χ2v) is 18.9. The molecule has 0 spiro atoms. The average Bonchev–Trinajstić information content (AvgIpc) is 4.10. The number of hydrogen-bond acceptors (Lipinski definition) is 6. The van der Waals surface area contributed by atoms with Crippen LogP contribution in [0.2, 0.25) is 0 Å². The van der Waals surface area contributed by atoms with Crippen molar-refractivity contribution in [2.75, 3.05) is 6.61 Å². The molecule has 1 heterocycles. The van der Waals surface area contributed by atoms with Gasteiger partial charge in [0, 0.05) is 6.42 Å². The van der Waals surface area contributed by atoms with Gasteiger partial charge in [-0.25, -0.2) is 4.79 Å². The Bertz CT molecular complexity index is 1370. The Kier molecular flexibility index (Phi) is 42.1. The van der Waals surface area contributed by atoms with Crippen molar-refractivity contribution in [1.82, 2.24) is 0 Å². The minimum atomic E-state index is -1.20. The number of ether oxygens (including phenoxy) is 2. The molecule has 0 amide bonds. The van der Waals surface area contributed by atoms with Crippen molar-refractivity contribution in [3.63, 3.8) is 0 Å². The van der Waals surface area contributed by atoms with Crippen molar-refractivity contribution in [2.24, 2.45) is 0 Å². The molecule has 0 aromatic rings. The Balaban J connectivity index is 2.37. The lowest BCUT2D eigenvalue weighted by atomic mass is 9.84. The molecule has 0 bridgehead atoms. The molecule has 1 aliphatic heterocycles. The molecule has 0 radical (unpaired) electrons. The summed E-state index contributed by atoms with van der Waals surface area (Å²) in [6.07, 6.45) is 67.0. The fraction of sp³-hybridized carbons (Fsp3) is 0.729. The summed E-state index contributed by atoms with van der Waals surface area (Å²) in [5, 5.41) is 31.2. The molecule has 0 saturated carbocycles. The van der Waals surface area contributed by atoms with Gasteiger partial charge in [0.05, 0.1) is 6.61 Å². The van der Waals surface area contributed by atoms with Crippen LogP contribution in [0, 0.1) is 0 Å². The van der Waals surface area contributed by atoms with E-state index in [1.807, 2.05) is 12.2 Å². The predicted octanol–water partition coefficient (Wildman–Crippen LogP) is 17.1. The summed E-state index contributed by atoms with van der Waals surface area (Å²) in [5.41, 5.74) is -1.20. The van der Waals surface area contributed by atoms with Gasteiger partial charge in [0.15, 0.2) is 11.9 Å². The Labute approximate surface area is 405 Å². The van der Waals surface area contributed by atoms with Crippen molar-refractivity contribution in [3.8, 4) is 0 Å². The highest BCUT2D eigenvalue weighted by Gasteiger charge is 2.38. The Morgan fingerprint density at radius 2 is 0.894 bits per heavy atom. The van der Waals surface area contributed by atoms with Crippen molar-refractivity contribution in [1.29, 1.82) is 0 Å². The van der Waals surface area contributed by atoms with Gasteiger partial charge < -0.3 is 24.8 Å². The highest BCUT2D eigenvalue weighted by molar-refractivity contribution is 5.89. The van der Waals surface area contributed by atoms with Crippen LogP contribution in [0.1, 0.15) is 258 Å². The number of hydrogen-bond donors (Lipinski definition) is 3. The molecule has 66 heavy (non-hydrogen) atoms. The number of carboxylic acids is 1. The maximum atomic E-state index is 13.0. The normalized spacial score (nSPS) is 14.5. The Morgan fingerprint density at radius 3 is 1.33 bits per heavy atom. The van der Waals surface area contributed by atoms with Gasteiger partial charge in [0.2, 0.25) is 0 Å². The number of aliphatic hydroxyl groups excluding tert-OH is 1. The first-order valence-electron chi connectivity index (χ1n) is 27.5. The van der Waals surface area contributed by atoms with Gasteiger partial charge in [-0.1, -0.05) is 248 Å².